The maximum Gasteiger partial charge on any atom is 0.254 e. The lowest BCUT2D eigenvalue weighted by Crippen LogP contribution is -2.44. The van der Waals surface area contributed by atoms with Crippen molar-refractivity contribution in [3.63, 3.8) is 0 Å². The molecule has 0 bridgehead atoms. The van der Waals surface area contributed by atoms with Gasteiger partial charge >= 0.3 is 0 Å². The molecule has 2 atom stereocenters. The summed E-state index contributed by atoms with van der Waals surface area (Å²) in [7, 11) is 0. The van der Waals surface area contributed by atoms with Crippen LogP contribution in [0.25, 0.3) is 0 Å². The third-order valence-corrected chi connectivity index (χ3v) is 4.54. The van der Waals surface area contributed by atoms with Crippen molar-refractivity contribution in [1.29, 1.82) is 0 Å². The molecule has 0 saturated heterocycles. The Balaban J connectivity index is 2.09. The lowest BCUT2D eigenvalue weighted by atomic mass is 9.78. The lowest BCUT2D eigenvalue weighted by Gasteiger charge is -2.34. The molecule has 1 amide bonds. The number of aromatic nitrogens is 1. The Hall–Kier alpha value is -1.09. The summed E-state index contributed by atoms with van der Waals surface area (Å²) in [6.07, 6.45) is 6.28. The third-order valence-electron chi connectivity index (χ3n) is 4.23. The van der Waals surface area contributed by atoms with Gasteiger partial charge in [0.1, 0.15) is 0 Å². The highest BCUT2D eigenvalue weighted by Crippen LogP contribution is 2.30. The molecule has 2 rings (SSSR count). The summed E-state index contributed by atoms with van der Waals surface area (Å²) in [4.78, 5) is 16.5. The maximum absolute atomic E-state index is 12.4. The fourth-order valence-corrected chi connectivity index (χ4v) is 3.37. The van der Waals surface area contributed by atoms with Crippen LogP contribution in [0.3, 0.4) is 0 Å². The summed E-state index contributed by atoms with van der Waals surface area (Å²) in [5, 5.41) is 3.64. The van der Waals surface area contributed by atoms with E-state index in [-0.39, 0.29) is 11.9 Å². The quantitative estimate of drug-likeness (QED) is 0.916. The minimum Gasteiger partial charge on any atom is -0.349 e. The van der Waals surface area contributed by atoms with E-state index in [2.05, 4.69) is 24.1 Å². The smallest absolute Gasteiger partial charge is 0.254 e. The molecule has 3 nitrogen and oxygen atoms in total. The molecule has 0 radical (unpaired) electrons. The standard InChI is InChI=1S/C16H23ClN2O/c1-10(2)12-6-4-5-7-15(12)19-16(20)13-9-18-11(3)8-14(13)17/h8-10,12,15H,4-7H2,1-3H3,(H,19,20). The van der Waals surface area contributed by atoms with Crippen LogP contribution in [0.2, 0.25) is 5.02 Å². The second kappa shape index (κ2) is 6.57. The van der Waals surface area contributed by atoms with Crippen LogP contribution in [0.1, 0.15) is 55.6 Å². The molecule has 1 heterocycles. The molecule has 0 aliphatic heterocycles. The van der Waals surface area contributed by atoms with Crippen molar-refractivity contribution in [3.05, 3.63) is 28.5 Å². The highest BCUT2D eigenvalue weighted by Gasteiger charge is 2.29. The van der Waals surface area contributed by atoms with Gasteiger partial charge in [-0.3, -0.25) is 9.78 Å². The van der Waals surface area contributed by atoms with Gasteiger partial charge in [-0.05, 0) is 37.7 Å². The highest BCUT2D eigenvalue weighted by molar-refractivity contribution is 6.33. The topological polar surface area (TPSA) is 42.0 Å². The average molecular weight is 295 g/mol. The van der Waals surface area contributed by atoms with Gasteiger partial charge in [-0.15, -0.1) is 0 Å². The predicted molar refractivity (Wildman–Crippen MR) is 82.0 cm³/mol. The monoisotopic (exact) mass is 294 g/mol. The van der Waals surface area contributed by atoms with Gasteiger partial charge in [0.2, 0.25) is 0 Å². The third kappa shape index (κ3) is 3.51. The molecule has 0 spiro atoms. The molecular weight excluding hydrogens is 272 g/mol. The van der Waals surface area contributed by atoms with Crippen LogP contribution in [0.15, 0.2) is 12.3 Å². The van der Waals surface area contributed by atoms with Crippen LogP contribution < -0.4 is 5.32 Å². The van der Waals surface area contributed by atoms with E-state index in [9.17, 15) is 4.79 Å². The Morgan fingerprint density at radius 3 is 2.75 bits per heavy atom. The summed E-state index contributed by atoms with van der Waals surface area (Å²) >= 11 is 6.14. The summed E-state index contributed by atoms with van der Waals surface area (Å²) in [6, 6.07) is 1.99. The van der Waals surface area contributed by atoms with Crippen molar-refractivity contribution in [2.45, 2.75) is 52.5 Å². The minimum absolute atomic E-state index is 0.0972. The van der Waals surface area contributed by atoms with E-state index in [0.717, 1.165) is 12.1 Å². The molecule has 1 fully saturated rings. The van der Waals surface area contributed by atoms with Crippen LogP contribution in [0.5, 0.6) is 0 Å². The molecule has 1 aliphatic carbocycles. The maximum atomic E-state index is 12.4. The van der Waals surface area contributed by atoms with Crippen LogP contribution in [0, 0.1) is 18.8 Å². The number of rotatable bonds is 3. The summed E-state index contributed by atoms with van der Waals surface area (Å²) in [5.41, 5.74) is 1.30. The first-order chi connectivity index (χ1) is 9.49. The first kappa shape index (κ1) is 15.3. The van der Waals surface area contributed by atoms with Gasteiger partial charge < -0.3 is 5.32 Å². The van der Waals surface area contributed by atoms with E-state index < -0.39 is 0 Å². The number of aryl methyl sites for hydroxylation is 1. The van der Waals surface area contributed by atoms with Crippen LogP contribution in [0.4, 0.5) is 0 Å². The summed E-state index contributed by atoms with van der Waals surface area (Å²) in [5.74, 6) is 1.05. The molecule has 110 valence electrons. The number of nitrogens with one attached hydrogen (secondary N) is 1. The molecule has 20 heavy (non-hydrogen) atoms. The van der Waals surface area contributed by atoms with Crippen molar-refractivity contribution in [1.82, 2.24) is 10.3 Å². The Morgan fingerprint density at radius 1 is 1.40 bits per heavy atom. The van der Waals surface area contributed by atoms with Gasteiger partial charge in [-0.25, -0.2) is 0 Å². The van der Waals surface area contributed by atoms with Gasteiger partial charge in [0.25, 0.3) is 5.91 Å². The SMILES string of the molecule is Cc1cc(Cl)c(C(=O)NC2CCCCC2C(C)C)cn1. The summed E-state index contributed by atoms with van der Waals surface area (Å²) in [6.45, 7) is 6.33. The van der Waals surface area contributed by atoms with Gasteiger partial charge in [0.15, 0.2) is 0 Å². The predicted octanol–water partition coefficient (Wildman–Crippen LogP) is 3.99. The van der Waals surface area contributed by atoms with Crippen molar-refractivity contribution < 1.29 is 4.79 Å². The molecule has 2 unspecified atom stereocenters. The number of carbonyl (C=O) groups excluding carboxylic acids is 1. The van der Waals surface area contributed by atoms with Crippen molar-refractivity contribution in [2.75, 3.05) is 0 Å². The largest absolute Gasteiger partial charge is 0.349 e. The number of hydrogen-bond donors (Lipinski definition) is 1. The Bertz CT molecular complexity index is 487. The first-order valence-electron chi connectivity index (χ1n) is 7.42. The van der Waals surface area contributed by atoms with Gasteiger partial charge in [-0.2, -0.15) is 0 Å². The number of halogens is 1. The second-order valence-corrected chi connectivity index (χ2v) is 6.49. The normalized spacial score (nSPS) is 22.9. The average Bonchev–Trinajstić information content (AvgIpc) is 2.38. The number of pyridine rings is 1. The van der Waals surface area contributed by atoms with Crippen LogP contribution in [-0.4, -0.2) is 16.9 Å². The van der Waals surface area contributed by atoms with Crippen molar-refractivity contribution >= 4 is 17.5 Å². The molecule has 1 aromatic rings. The number of hydrogen-bond acceptors (Lipinski definition) is 2. The highest BCUT2D eigenvalue weighted by atomic mass is 35.5. The Labute approximate surface area is 126 Å². The van der Waals surface area contributed by atoms with Crippen LogP contribution in [-0.2, 0) is 0 Å². The Kier molecular flexibility index (Phi) is 5.03. The van der Waals surface area contributed by atoms with Gasteiger partial charge in [-0.1, -0.05) is 38.3 Å². The Morgan fingerprint density at radius 2 is 2.10 bits per heavy atom. The molecule has 4 heteroatoms. The zero-order valence-electron chi connectivity index (χ0n) is 12.4. The molecule has 1 saturated carbocycles. The van der Waals surface area contributed by atoms with E-state index >= 15 is 0 Å². The lowest BCUT2D eigenvalue weighted by molar-refractivity contribution is 0.0889. The van der Waals surface area contributed by atoms with E-state index in [1.807, 2.05) is 6.92 Å². The second-order valence-electron chi connectivity index (χ2n) is 6.08. The number of carbonyl (C=O) groups is 1. The van der Waals surface area contributed by atoms with E-state index in [0.29, 0.717) is 22.4 Å². The van der Waals surface area contributed by atoms with Gasteiger partial charge in [0.05, 0.1) is 10.6 Å². The fraction of sp³-hybridized carbons (Fsp3) is 0.625. The van der Waals surface area contributed by atoms with Crippen LogP contribution >= 0.6 is 11.6 Å². The van der Waals surface area contributed by atoms with Crippen molar-refractivity contribution in [2.24, 2.45) is 11.8 Å². The fourth-order valence-electron chi connectivity index (χ4n) is 3.08. The number of nitrogens with zero attached hydrogens (tertiary/aromatic N) is 1. The minimum atomic E-state index is -0.0972. The molecule has 0 aromatic carbocycles. The van der Waals surface area contributed by atoms with E-state index in [4.69, 9.17) is 11.6 Å². The zero-order valence-corrected chi connectivity index (χ0v) is 13.2. The van der Waals surface area contributed by atoms with E-state index in [1.54, 1.807) is 12.3 Å². The van der Waals surface area contributed by atoms with E-state index in [1.165, 1.54) is 19.3 Å². The first-order valence-corrected chi connectivity index (χ1v) is 7.80. The summed E-state index contributed by atoms with van der Waals surface area (Å²) < 4.78 is 0. The molecule has 1 aliphatic rings. The van der Waals surface area contributed by atoms with Crippen molar-refractivity contribution in [3.8, 4) is 0 Å². The zero-order chi connectivity index (χ0) is 14.7. The number of amides is 1. The molecular formula is C16H23ClN2O. The molecule has 1 aromatic heterocycles. The molecule has 1 N–H and O–H groups in total. The van der Waals surface area contributed by atoms with Gasteiger partial charge in [0, 0.05) is 17.9 Å².